The Kier molecular flexibility index (Phi) is 4.78. The highest BCUT2D eigenvalue weighted by Gasteiger charge is 2.09. The summed E-state index contributed by atoms with van der Waals surface area (Å²) >= 11 is 7.08. The molecule has 0 saturated heterocycles. The molecule has 1 aromatic heterocycles. The van der Waals surface area contributed by atoms with Gasteiger partial charge in [0.2, 0.25) is 0 Å². The molecule has 0 atom stereocenters. The number of anilines is 1. The van der Waals surface area contributed by atoms with Crippen molar-refractivity contribution in [2.24, 2.45) is 0 Å². The van der Waals surface area contributed by atoms with Crippen molar-refractivity contribution >= 4 is 37.7 Å². The van der Waals surface area contributed by atoms with Crippen molar-refractivity contribution in [1.82, 2.24) is 4.98 Å². The summed E-state index contributed by atoms with van der Waals surface area (Å²) in [6.07, 6.45) is 1.83. The van der Waals surface area contributed by atoms with E-state index in [-0.39, 0.29) is 0 Å². The lowest BCUT2D eigenvalue weighted by atomic mass is 10.2. The number of hydrogen-bond donors (Lipinski definition) is 0. The van der Waals surface area contributed by atoms with Crippen LogP contribution in [-0.4, -0.2) is 12.0 Å². The minimum absolute atomic E-state index is 0.816. The third-order valence-electron chi connectivity index (χ3n) is 2.74. The van der Waals surface area contributed by atoms with Crippen LogP contribution >= 0.6 is 31.9 Å². The number of rotatable bonds is 4. The lowest BCUT2D eigenvalue weighted by Crippen LogP contribution is -2.19. The van der Waals surface area contributed by atoms with Gasteiger partial charge in [0.15, 0.2) is 0 Å². The summed E-state index contributed by atoms with van der Waals surface area (Å²) in [5.41, 5.74) is 2.46. The molecule has 1 aromatic carbocycles. The zero-order valence-corrected chi connectivity index (χ0v) is 13.3. The monoisotopic (exact) mass is 368 g/mol. The summed E-state index contributed by atoms with van der Waals surface area (Å²) < 4.78 is 1.13. The molecule has 0 aliphatic carbocycles. The number of nitrogens with zero attached hydrogens (tertiary/aromatic N) is 2. The highest BCUT2D eigenvalue weighted by atomic mass is 79.9. The first-order valence-electron chi connectivity index (χ1n) is 5.66. The van der Waals surface area contributed by atoms with Gasteiger partial charge in [-0.05, 0) is 17.7 Å². The fourth-order valence-corrected chi connectivity index (χ4v) is 2.68. The van der Waals surface area contributed by atoms with Crippen LogP contribution in [0.25, 0.3) is 0 Å². The van der Waals surface area contributed by atoms with Gasteiger partial charge in [-0.15, -0.1) is 0 Å². The average Bonchev–Trinajstić information content (AvgIpc) is 2.41. The summed E-state index contributed by atoms with van der Waals surface area (Å²) in [6.45, 7) is 0.832. The van der Waals surface area contributed by atoms with E-state index in [1.54, 1.807) is 0 Å². The lowest BCUT2D eigenvalue weighted by Gasteiger charge is -2.21. The third-order valence-corrected chi connectivity index (χ3v) is 4.12. The largest absolute Gasteiger partial charge is 0.355 e. The van der Waals surface area contributed by atoms with Crippen molar-refractivity contribution in [3.05, 3.63) is 58.2 Å². The van der Waals surface area contributed by atoms with Crippen LogP contribution in [0.3, 0.4) is 0 Å². The molecule has 0 aliphatic heterocycles. The van der Waals surface area contributed by atoms with Gasteiger partial charge in [0.1, 0.15) is 5.82 Å². The Morgan fingerprint density at radius 3 is 2.56 bits per heavy atom. The van der Waals surface area contributed by atoms with Crippen molar-refractivity contribution in [1.29, 1.82) is 0 Å². The molecule has 1 heterocycles. The molecule has 0 spiro atoms. The van der Waals surface area contributed by atoms with E-state index in [0.29, 0.717) is 0 Å². The number of hydrogen-bond acceptors (Lipinski definition) is 2. The van der Waals surface area contributed by atoms with Gasteiger partial charge in [-0.1, -0.05) is 56.1 Å². The maximum atomic E-state index is 4.46. The molecule has 0 aliphatic rings. The van der Waals surface area contributed by atoms with Crippen LogP contribution in [0.15, 0.2) is 47.1 Å². The zero-order chi connectivity index (χ0) is 13.0. The second kappa shape index (κ2) is 6.34. The van der Waals surface area contributed by atoms with E-state index >= 15 is 0 Å². The van der Waals surface area contributed by atoms with Crippen LogP contribution < -0.4 is 4.90 Å². The molecule has 2 nitrogen and oxygen atoms in total. The smallest absolute Gasteiger partial charge is 0.132 e. The Hall–Kier alpha value is -0.870. The van der Waals surface area contributed by atoms with Gasteiger partial charge in [0.05, 0.1) is 0 Å². The number of aromatic nitrogens is 1. The quantitative estimate of drug-likeness (QED) is 0.743. The molecule has 0 amide bonds. The van der Waals surface area contributed by atoms with Gasteiger partial charge in [-0.2, -0.15) is 0 Å². The molecule has 2 aromatic rings. The van der Waals surface area contributed by atoms with E-state index in [1.807, 2.05) is 18.3 Å². The Morgan fingerprint density at radius 1 is 1.11 bits per heavy atom. The molecule has 0 fully saturated rings. The van der Waals surface area contributed by atoms with Crippen molar-refractivity contribution in [3.63, 3.8) is 0 Å². The van der Waals surface area contributed by atoms with Crippen molar-refractivity contribution < 1.29 is 0 Å². The van der Waals surface area contributed by atoms with Crippen LogP contribution in [0.2, 0.25) is 0 Å². The van der Waals surface area contributed by atoms with Gasteiger partial charge in [0.25, 0.3) is 0 Å². The maximum absolute atomic E-state index is 4.46. The van der Waals surface area contributed by atoms with E-state index in [9.17, 15) is 0 Å². The maximum Gasteiger partial charge on any atom is 0.132 e. The number of halogens is 2. The summed E-state index contributed by atoms with van der Waals surface area (Å²) in [5, 5.41) is 0.816. The minimum atomic E-state index is 0.816. The molecule has 0 radical (unpaired) electrons. The van der Waals surface area contributed by atoms with Gasteiger partial charge < -0.3 is 4.90 Å². The molecule has 0 unspecified atom stereocenters. The van der Waals surface area contributed by atoms with E-state index in [4.69, 9.17) is 0 Å². The van der Waals surface area contributed by atoms with Gasteiger partial charge in [-0.3, -0.25) is 0 Å². The molecule has 0 saturated carbocycles. The van der Waals surface area contributed by atoms with E-state index < -0.39 is 0 Å². The lowest BCUT2D eigenvalue weighted by molar-refractivity contribution is 0.886. The first-order valence-corrected chi connectivity index (χ1v) is 7.58. The predicted octanol–water partition coefficient (Wildman–Crippen LogP) is 4.38. The fourth-order valence-electron chi connectivity index (χ4n) is 1.84. The fraction of sp³-hybridized carbons (Fsp3) is 0.214. The molecule has 18 heavy (non-hydrogen) atoms. The molecular formula is C14H14Br2N2. The number of benzene rings is 1. The van der Waals surface area contributed by atoms with Crippen LogP contribution in [0, 0.1) is 0 Å². The summed E-state index contributed by atoms with van der Waals surface area (Å²) in [7, 11) is 2.06. The van der Waals surface area contributed by atoms with Gasteiger partial charge in [-0.25, -0.2) is 4.98 Å². The zero-order valence-electron chi connectivity index (χ0n) is 10.1. The SMILES string of the molecule is CN(Cc1ccccc1Br)c1ncccc1CBr. The van der Waals surface area contributed by atoms with E-state index in [2.05, 4.69) is 73.1 Å². The molecule has 4 heteroatoms. The van der Waals surface area contributed by atoms with Crippen LogP contribution in [0.1, 0.15) is 11.1 Å². The third kappa shape index (κ3) is 3.12. The topological polar surface area (TPSA) is 16.1 Å². The summed E-state index contributed by atoms with van der Waals surface area (Å²) in [6, 6.07) is 12.3. The van der Waals surface area contributed by atoms with E-state index in [0.717, 1.165) is 22.2 Å². The predicted molar refractivity (Wildman–Crippen MR) is 83.1 cm³/mol. The van der Waals surface area contributed by atoms with Crippen molar-refractivity contribution in [3.8, 4) is 0 Å². The van der Waals surface area contributed by atoms with Gasteiger partial charge >= 0.3 is 0 Å². The number of pyridine rings is 1. The highest BCUT2D eigenvalue weighted by Crippen LogP contribution is 2.23. The summed E-state index contributed by atoms with van der Waals surface area (Å²) in [4.78, 5) is 6.62. The second-order valence-corrected chi connectivity index (χ2v) is 5.48. The first kappa shape index (κ1) is 13.6. The Balaban J connectivity index is 2.22. The summed E-state index contributed by atoms with van der Waals surface area (Å²) in [5.74, 6) is 1.02. The minimum Gasteiger partial charge on any atom is -0.355 e. The average molecular weight is 370 g/mol. The normalized spacial score (nSPS) is 10.4. The van der Waals surface area contributed by atoms with Crippen molar-refractivity contribution in [2.75, 3.05) is 11.9 Å². The highest BCUT2D eigenvalue weighted by molar-refractivity contribution is 9.10. The molecular weight excluding hydrogens is 356 g/mol. The molecule has 0 bridgehead atoms. The van der Waals surface area contributed by atoms with Crippen molar-refractivity contribution in [2.45, 2.75) is 11.9 Å². The van der Waals surface area contributed by atoms with Crippen LogP contribution in [0.4, 0.5) is 5.82 Å². The van der Waals surface area contributed by atoms with Crippen LogP contribution in [0.5, 0.6) is 0 Å². The first-order chi connectivity index (χ1) is 8.72. The molecule has 2 rings (SSSR count). The Bertz CT molecular complexity index is 529. The van der Waals surface area contributed by atoms with Gasteiger partial charge in [0, 0.05) is 35.2 Å². The molecule has 94 valence electrons. The second-order valence-electron chi connectivity index (χ2n) is 4.07. The standard InChI is InChI=1S/C14H14Br2N2/c1-18(10-12-5-2-3-7-13(12)16)14-11(9-15)6-4-8-17-14/h2-8H,9-10H2,1H3. The molecule has 0 N–H and O–H groups in total. The Morgan fingerprint density at radius 2 is 1.83 bits per heavy atom. The van der Waals surface area contributed by atoms with E-state index in [1.165, 1.54) is 11.1 Å². The Labute approximate surface area is 124 Å². The number of alkyl halides is 1. The van der Waals surface area contributed by atoms with Crippen LogP contribution in [-0.2, 0) is 11.9 Å².